The lowest BCUT2D eigenvalue weighted by Crippen LogP contribution is -2.38. The highest BCUT2D eigenvalue weighted by Crippen LogP contribution is 2.30. The molecule has 0 bridgehead atoms. The fourth-order valence-electron chi connectivity index (χ4n) is 3.12. The van der Waals surface area contributed by atoms with Crippen molar-refractivity contribution in [2.24, 2.45) is 0 Å². The molecule has 4 nitrogen and oxygen atoms in total. The summed E-state index contributed by atoms with van der Waals surface area (Å²) >= 11 is 0. The Balaban J connectivity index is 1.62. The van der Waals surface area contributed by atoms with E-state index in [0.717, 1.165) is 36.9 Å². The Morgan fingerprint density at radius 3 is 2.67 bits per heavy atom. The first-order valence-corrected chi connectivity index (χ1v) is 7.55. The van der Waals surface area contributed by atoms with Crippen molar-refractivity contribution in [3.8, 4) is 11.5 Å². The average Bonchev–Trinajstić information content (AvgIpc) is 3.09. The second-order valence-corrected chi connectivity index (χ2v) is 6.11. The topological polar surface area (TPSA) is 49.5 Å². The summed E-state index contributed by atoms with van der Waals surface area (Å²) < 4.78 is 5.55. The maximum absolute atomic E-state index is 10.4. The van der Waals surface area contributed by atoms with Gasteiger partial charge in [-0.3, -0.25) is 4.90 Å². The van der Waals surface area contributed by atoms with Crippen LogP contribution in [0.1, 0.15) is 31.4 Å². The van der Waals surface area contributed by atoms with Crippen LogP contribution in [0.5, 0.6) is 0 Å². The largest absolute Gasteiger partial charge is 0.444 e. The second-order valence-electron chi connectivity index (χ2n) is 6.11. The van der Waals surface area contributed by atoms with Gasteiger partial charge in [0, 0.05) is 18.7 Å². The van der Waals surface area contributed by atoms with Crippen molar-refractivity contribution < 1.29 is 9.52 Å². The number of aliphatic hydroxyl groups is 1. The molecular formula is C17H22N2O2. The molecule has 0 atom stereocenters. The van der Waals surface area contributed by atoms with E-state index in [2.05, 4.69) is 9.88 Å². The summed E-state index contributed by atoms with van der Waals surface area (Å²) in [6, 6.07) is 9.90. The van der Waals surface area contributed by atoms with Crippen LogP contribution in [0.3, 0.4) is 0 Å². The van der Waals surface area contributed by atoms with Gasteiger partial charge in [-0.15, -0.1) is 0 Å². The van der Waals surface area contributed by atoms with E-state index < -0.39 is 5.60 Å². The van der Waals surface area contributed by atoms with Crippen LogP contribution in [0.15, 0.2) is 41.0 Å². The molecule has 1 aliphatic rings. The highest BCUT2D eigenvalue weighted by molar-refractivity contribution is 5.52. The summed E-state index contributed by atoms with van der Waals surface area (Å²) in [5, 5.41) is 10.4. The molecule has 1 fully saturated rings. The van der Waals surface area contributed by atoms with Crippen LogP contribution >= 0.6 is 0 Å². The van der Waals surface area contributed by atoms with Crippen molar-refractivity contribution in [1.29, 1.82) is 0 Å². The SMILES string of the molecule is CN(Cc1coc(-c2ccccc2)n1)CC1(O)CCCC1. The number of oxazole rings is 1. The maximum atomic E-state index is 10.4. The van der Waals surface area contributed by atoms with Gasteiger partial charge in [0.1, 0.15) is 6.26 Å². The van der Waals surface area contributed by atoms with Gasteiger partial charge >= 0.3 is 0 Å². The molecule has 2 aromatic rings. The van der Waals surface area contributed by atoms with Crippen LogP contribution in [-0.2, 0) is 6.54 Å². The molecule has 4 heteroatoms. The number of rotatable bonds is 5. The van der Waals surface area contributed by atoms with Gasteiger partial charge in [0.15, 0.2) is 0 Å². The predicted molar refractivity (Wildman–Crippen MR) is 81.7 cm³/mol. The van der Waals surface area contributed by atoms with Gasteiger partial charge in [-0.25, -0.2) is 4.98 Å². The van der Waals surface area contributed by atoms with Crippen molar-refractivity contribution in [1.82, 2.24) is 9.88 Å². The molecule has 1 aliphatic carbocycles. The molecule has 1 aromatic heterocycles. The Bertz CT molecular complexity index is 573. The fourth-order valence-corrected chi connectivity index (χ4v) is 3.12. The van der Waals surface area contributed by atoms with Crippen LogP contribution in [-0.4, -0.2) is 34.2 Å². The summed E-state index contributed by atoms with van der Waals surface area (Å²) in [5.41, 5.74) is 1.37. The fraction of sp³-hybridized carbons (Fsp3) is 0.471. The smallest absolute Gasteiger partial charge is 0.226 e. The predicted octanol–water partition coefficient (Wildman–Crippen LogP) is 3.08. The van der Waals surface area contributed by atoms with Crippen molar-refractivity contribution in [2.75, 3.05) is 13.6 Å². The molecule has 1 aromatic carbocycles. The number of benzene rings is 1. The van der Waals surface area contributed by atoms with Gasteiger partial charge in [0.05, 0.1) is 11.3 Å². The summed E-state index contributed by atoms with van der Waals surface area (Å²) in [6.07, 6.45) is 5.79. The minimum absolute atomic E-state index is 0.513. The van der Waals surface area contributed by atoms with E-state index in [1.165, 1.54) is 0 Å². The van der Waals surface area contributed by atoms with Crippen molar-refractivity contribution >= 4 is 0 Å². The van der Waals surface area contributed by atoms with Crippen molar-refractivity contribution in [3.05, 3.63) is 42.3 Å². The molecule has 21 heavy (non-hydrogen) atoms. The Labute approximate surface area is 125 Å². The van der Waals surface area contributed by atoms with E-state index in [4.69, 9.17) is 4.42 Å². The normalized spacial score (nSPS) is 17.5. The van der Waals surface area contributed by atoms with Gasteiger partial charge in [-0.1, -0.05) is 31.0 Å². The molecule has 112 valence electrons. The minimum atomic E-state index is -0.513. The number of hydrogen-bond donors (Lipinski definition) is 1. The summed E-state index contributed by atoms with van der Waals surface area (Å²) in [4.78, 5) is 6.65. The quantitative estimate of drug-likeness (QED) is 0.917. The first-order chi connectivity index (χ1) is 10.1. The van der Waals surface area contributed by atoms with E-state index in [9.17, 15) is 5.11 Å². The zero-order chi connectivity index (χ0) is 14.7. The zero-order valence-electron chi connectivity index (χ0n) is 12.5. The van der Waals surface area contributed by atoms with Crippen molar-refractivity contribution in [3.63, 3.8) is 0 Å². The van der Waals surface area contributed by atoms with E-state index >= 15 is 0 Å². The minimum Gasteiger partial charge on any atom is -0.444 e. The monoisotopic (exact) mass is 286 g/mol. The number of aromatic nitrogens is 1. The van der Waals surface area contributed by atoms with Crippen LogP contribution in [0, 0.1) is 0 Å². The van der Waals surface area contributed by atoms with E-state index in [1.807, 2.05) is 37.4 Å². The lowest BCUT2D eigenvalue weighted by Gasteiger charge is -2.27. The molecule has 0 amide bonds. The van der Waals surface area contributed by atoms with E-state index in [1.54, 1.807) is 6.26 Å². The van der Waals surface area contributed by atoms with Crippen LogP contribution < -0.4 is 0 Å². The molecule has 1 heterocycles. The number of hydrogen-bond acceptors (Lipinski definition) is 4. The van der Waals surface area contributed by atoms with Crippen LogP contribution in [0.25, 0.3) is 11.5 Å². The molecule has 0 spiro atoms. The Morgan fingerprint density at radius 2 is 1.95 bits per heavy atom. The highest BCUT2D eigenvalue weighted by atomic mass is 16.3. The zero-order valence-corrected chi connectivity index (χ0v) is 12.5. The van der Waals surface area contributed by atoms with Crippen LogP contribution in [0.2, 0.25) is 0 Å². The van der Waals surface area contributed by atoms with E-state index in [0.29, 0.717) is 19.0 Å². The van der Waals surface area contributed by atoms with Crippen LogP contribution in [0.4, 0.5) is 0 Å². The molecule has 0 unspecified atom stereocenters. The van der Waals surface area contributed by atoms with Gasteiger partial charge in [0.2, 0.25) is 5.89 Å². The molecule has 1 N–H and O–H groups in total. The number of nitrogens with zero attached hydrogens (tertiary/aromatic N) is 2. The lowest BCUT2D eigenvalue weighted by atomic mass is 10.0. The molecule has 0 radical (unpaired) electrons. The van der Waals surface area contributed by atoms with Gasteiger partial charge in [-0.2, -0.15) is 0 Å². The third-order valence-electron chi connectivity index (χ3n) is 4.10. The Kier molecular flexibility index (Phi) is 4.08. The second kappa shape index (κ2) is 6.00. The third kappa shape index (κ3) is 3.52. The van der Waals surface area contributed by atoms with Crippen molar-refractivity contribution in [2.45, 2.75) is 37.8 Å². The van der Waals surface area contributed by atoms with Gasteiger partial charge in [0.25, 0.3) is 0 Å². The highest BCUT2D eigenvalue weighted by Gasteiger charge is 2.32. The number of likely N-dealkylation sites (N-methyl/N-ethyl adjacent to an activating group) is 1. The van der Waals surface area contributed by atoms with Gasteiger partial charge in [-0.05, 0) is 32.0 Å². The molecule has 0 aliphatic heterocycles. The average molecular weight is 286 g/mol. The summed E-state index contributed by atoms with van der Waals surface area (Å²) in [6.45, 7) is 1.39. The molecular weight excluding hydrogens is 264 g/mol. The molecule has 1 saturated carbocycles. The Morgan fingerprint density at radius 1 is 1.24 bits per heavy atom. The first kappa shape index (κ1) is 14.3. The molecule has 0 saturated heterocycles. The summed E-state index contributed by atoms with van der Waals surface area (Å²) in [7, 11) is 2.02. The van der Waals surface area contributed by atoms with Gasteiger partial charge < -0.3 is 9.52 Å². The molecule has 3 rings (SSSR count). The first-order valence-electron chi connectivity index (χ1n) is 7.55. The standard InChI is InChI=1S/C17H22N2O2/c1-19(13-17(20)9-5-6-10-17)11-15-12-21-16(18-15)14-7-3-2-4-8-14/h2-4,7-8,12,20H,5-6,9-11,13H2,1H3. The summed E-state index contributed by atoms with van der Waals surface area (Å²) in [5.74, 6) is 0.651. The third-order valence-corrected chi connectivity index (χ3v) is 4.10. The Hall–Kier alpha value is -1.65. The maximum Gasteiger partial charge on any atom is 0.226 e. The van der Waals surface area contributed by atoms with E-state index in [-0.39, 0.29) is 0 Å². The lowest BCUT2D eigenvalue weighted by molar-refractivity contribution is 0.0142.